The van der Waals surface area contributed by atoms with Gasteiger partial charge in [0.05, 0.1) is 17.5 Å². The summed E-state index contributed by atoms with van der Waals surface area (Å²) in [6.07, 6.45) is 1.42. The molecule has 1 aromatic heterocycles. The maximum Gasteiger partial charge on any atom is 0.294 e. The molecule has 0 aliphatic heterocycles. The molecule has 0 aliphatic rings. The number of nitrogens with one attached hydrogen (secondary N) is 4. The number of anilines is 2. The molecule has 0 spiro atoms. The van der Waals surface area contributed by atoms with Crippen molar-refractivity contribution < 1.29 is 19.1 Å². The molecule has 44 heavy (non-hydrogen) atoms. The number of aromatic hydroxyl groups is 1. The Morgan fingerprint density at radius 3 is 2.36 bits per heavy atom. The van der Waals surface area contributed by atoms with Gasteiger partial charge in [0.1, 0.15) is 23.9 Å². The normalized spacial score (nSPS) is 10.8. The van der Waals surface area contributed by atoms with E-state index in [1.807, 2.05) is 13.8 Å². The lowest BCUT2D eigenvalue weighted by molar-refractivity contribution is -0.121. The fourth-order valence-corrected chi connectivity index (χ4v) is 4.38. The highest BCUT2D eigenvalue weighted by Gasteiger charge is 2.18. The molecular formula is C31H33FN8O4. The van der Waals surface area contributed by atoms with Gasteiger partial charge in [-0.2, -0.15) is 0 Å². The first kappa shape index (κ1) is 31.2. The number of nitrogens with two attached hydrogens (primary N) is 2. The van der Waals surface area contributed by atoms with Gasteiger partial charge in [-0.15, -0.1) is 0 Å². The SMILES string of the molecule is CC(C)Nc1ncc(-c2cc(N)cc(C(=O)NCc3ccc(F)cc3)c2)n(CC(=O)NCc2ccc(C(=N)N)c(O)c2)c1=O. The molecule has 13 heteroatoms. The Labute approximate surface area is 252 Å². The van der Waals surface area contributed by atoms with Crippen LogP contribution in [0.25, 0.3) is 11.3 Å². The zero-order valence-corrected chi connectivity index (χ0v) is 24.1. The zero-order chi connectivity index (χ0) is 32.0. The van der Waals surface area contributed by atoms with E-state index in [0.717, 1.165) is 0 Å². The van der Waals surface area contributed by atoms with Crippen LogP contribution in [0.2, 0.25) is 0 Å². The summed E-state index contributed by atoms with van der Waals surface area (Å²) in [6, 6.07) is 14.7. The van der Waals surface area contributed by atoms with E-state index < -0.39 is 17.4 Å². The van der Waals surface area contributed by atoms with Crippen molar-refractivity contribution in [2.24, 2.45) is 5.73 Å². The number of carbonyl (C=O) groups is 2. The van der Waals surface area contributed by atoms with E-state index in [2.05, 4.69) is 20.9 Å². The van der Waals surface area contributed by atoms with E-state index >= 15 is 0 Å². The van der Waals surface area contributed by atoms with E-state index in [4.69, 9.17) is 16.9 Å². The number of hydrogen-bond donors (Lipinski definition) is 7. The van der Waals surface area contributed by atoms with Crippen LogP contribution in [-0.2, 0) is 24.4 Å². The second-order valence-electron chi connectivity index (χ2n) is 10.4. The number of rotatable bonds is 11. The lowest BCUT2D eigenvalue weighted by Crippen LogP contribution is -2.35. The molecule has 0 saturated carbocycles. The molecule has 0 unspecified atom stereocenters. The Bertz CT molecular complexity index is 1770. The molecule has 1 heterocycles. The smallest absolute Gasteiger partial charge is 0.294 e. The van der Waals surface area contributed by atoms with Crippen molar-refractivity contribution in [3.63, 3.8) is 0 Å². The van der Waals surface area contributed by atoms with Gasteiger partial charge in [-0.25, -0.2) is 9.37 Å². The maximum atomic E-state index is 13.5. The highest BCUT2D eigenvalue weighted by atomic mass is 19.1. The molecule has 0 atom stereocenters. The Hall–Kier alpha value is -5.72. The predicted octanol–water partition coefficient (Wildman–Crippen LogP) is 2.69. The summed E-state index contributed by atoms with van der Waals surface area (Å²) < 4.78 is 14.5. The molecule has 0 saturated heterocycles. The zero-order valence-electron chi connectivity index (χ0n) is 24.1. The first-order valence-electron chi connectivity index (χ1n) is 13.6. The fourth-order valence-electron chi connectivity index (χ4n) is 4.38. The molecule has 9 N–H and O–H groups in total. The summed E-state index contributed by atoms with van der Waals surface area (Å²) in [4.78, 5) is 43.8. The van der Waals surface area contributed by atoms with Crippen LogP contribution in [0.4, 0.5) is 15.9 Å². The van der Waals surface area contributed by atoms with Gasteiger partial charge in [0.25, 0.3) is 11.5 Å². The molecule has 0 aliphatic carbocycles. The second-order valence-corrected chi connectivity index (χ2v) is 10.4. The summed E-state index contributed by atoms with van der Waals surface area (Å²) >= 11 is 0. The lowest BCUT2D eigenvalue weighted by Gasteiger charge is -2.17. The molecule has 0 fully saturated rings. The van der Waals surface area contributed by atoms with Crippen LogP contribution in [0.3, 0.4) is 0 Å². The number of halogens is 1. The fraction of sp³-hybridized carbons (Fsp3) is 0.194. The number of nitrogens with zero attached hydrogens (tertiary/aromatic N) is 2. The third-order valence-corrected chi connectivity index (χ3v) is 6.50. The quantitative estimate of drug-likeness (QED) is 0.0773. The number of benzene rings is 3. The summed E-state index contributed by atoms with van der Waals surface area (Å²) in [5, 5.41) is 26.1. The standard InChI is InChI=1S/C31H33FN8O4/c1-17(2)39-29-31(44)40(16-27(42)36-14-19-5-8-24(28(34)35)26(41)9-19)25(15-37-29)20-10-21(12-23(33)11-20)30(43)38-13-18-3-6-22(32)7-4-18/h3-12,15,17,41H,13-14,16,33H2,1-2H3,(H3,34,35)(H,36,42)(H,37,39)(H,38,43). The van der Waals surface area contributed by atoms with Crippen molar-refractivity contribution >= 4 is 29.2 Å². The topological polar surface area (TPSA) is 201 Å². The molecular weight excluding hydrogens is 567 g/mol. The number of aromatic nitrogens is 2. The first-order valence-corrected chi connectivity index (χ1v) is 13.6. The van der Waals surface area contributed by atoms with Gasteiger partial charge in [-0.05, 0) is 67.4 Å². The van der Waals surface area contributed by atoms with Crippen molar-refractivity contribution in [1.82, 2.24) is 20.2 Å². The number of phenols is 1. The maximum absolute atomic E-state index is 13.5. The molecule has 2 amide bonds. The van der Waals surface area contributed by atoms with E-state index in [1.165, 1.54) is 47.2 Å². The van der Waals surface area contributed by atoms with E-state index in [9.17, 15) is 23.9 Å². The van der Waals surface area contributed by atoms with E-state index in [0.29, 0.717) is 16.7 Å². The molecule has 4 aromatic rings. The Kier molecular flexibility index (Phi) is 9.58. The number of carbonyl (C=O) groups excluding carboxylic acids is 2. The summed E-state index contributed by atoms with van der Waals surface area (Å²) in [5.74, 6) is -1.77. The van der Waals surface area contributed by atoms with Crippen LogP contribution in [0, 0.1) is 11.2 Å². The molecule has 3 aromatic carbocycles. The van der Waals surface area contributed by atoms with Crippen LogP contribution in [0.5, 0.6) is 5.75 Å². The number of amides is 2. The van der Waals surface area contributed by atoms with Gasteiger partial charge in [-0.3, -0.25) is 24.4 Å². The Morgan fingerprint density at radius 1 is 1.02 bits per heavy atom. The predicted molar refractivity (Wildman–Crippen MR) is 166 cm³/mol. The van der Waals surface area contributed by atoms with Crippen LogP contribution in [-0.4, -0.2) is 38.3 Å². The summed E-state index contributed by atoms with van der Waals surface area (Å²) in [5.41, 5.74) is 13.5. The minimum atomic E-state index is -0.556. The lowest BCUT2D eigenvalue weighted by atomic mass is 10.1. The van der Waals surface area contributed by atoms with Crippen LogP contribution < -0.4 is 33.0 Å². The van der Waals surface area contributed by atoms with Crippen LogP contribution in [0.15, 0.2) is 71.7 Å². The van der Waals surface area contributed by atoms with Crippen molar-refractivity contribution in [2.45, 2.75) is 39.5 Å². The third kappa shape index (κ3) is 7.76. The van der Waals surface area contributed by atoms with Gasteiger partial charge >= 0.3 is 0 Å². The van der Waals surface area contributed by atoms with Crippen molar-refractivity contribution in [1.29, 1.82) is 5.41 Å². The molecule has 0 radical (unpaired) electrons. The van der Waals surface area contributed by atoms with Crippen molar-refractivity contribution in [2.75, 3.05) is 11.1 Å². The minimum absolute atomic E-state index is 0.0352. The largest absolute Gasteiger partial charge is 0.507 e. The number of hydrogen-bond acceptors (Lipinski definition) is 8. The van der Waals surface area contributed by atoms with Crippen LogP contribution in [0.1, 0.15) is 40.9 Å². The molecule has 12 nitrogen and oxygen atoms in total. The van der Waals surface area contributed by atoms with Crippen LogP contribution >= 0.6 is 0 Å². The van der Waals surface area contributed by atoms with Gasteiger partial charge in [0, 0.05) is 35.9 Å². The van der Waals surface area contributed by atoms with Gasteiger partial charge in [-0.1, -0.05) is 18.2 Å². The monoisotopic (exact) mass is 600 g/mol. The highest BCUT2D eigenvalue weighted by molar-refractivity contribution is 5.97. The molecule has 228 valence electrons. The molecule has 4 rings (SSSR count). The number of phenolic OH excluding ortho intramolecular Hbond substituents is 1. The van der Waals surface area contributed by atoms with Crippen molar-refractivity contribution in [3.05, 3.63) is 105 Å². The van der Waals surface area contributed by atoms with E-state index in [1.54, 1.807) is 24.3 Å². The third-order valence-electron chi connectivity index (χ3n) is 6.50. The Morgan fingerprint density at radius 2 is 1.70 bits per heavy atom. The average Bonchev–Trinajstić information content (AvgIpc) is 2.97. The highest BCUT2D eigenvalue weighted by Crippen LogP contribution is 2.24. The Balaban J connectivity index is 1.60. The van der Waals surface area contributed by atoms with Gasteiger partial charge in [0.15, 0.2) is 5.82 Å². The average molecular weight is 601 g/mol. The second kappa shape index (κ2) is 13.5. The van der Waals surface area contributed by atoms with E-state index in [-0.39, 0.29) is 71.4 Å². The number of nitrogen functional groups attached to an aromatic ring is 2. The molecule has 0 bridgehead atoms. The minimum Gasteiger partial charge on any atom is -0.507 e. The summed E-state index contributed by atoms with van der Waals surface area (Å²) in [7, 11) is 0. The van der Waals surface area contributed by atoms with Gasteiger partial charge < -0.3 is 32.5 Å². The van der Waals surface area contributed by atoms with Gasteiger partial charge in [0.2, 0.25) is 5.91 Å². The van der Waals surface area contributed by atoms with Crippen molar-refractivity contribution in [3.8, 4) is 17.0 Å². The summed E-state index contributed by atoms with van der Waals surface area (Å²) in [6.45, 7) is 3.48. The first-order chi connectivity index (χ1) is 20.9. The number of amidine groups is 1.